The first-order chi connectivity index (χ1) is 9.63. The van der Waals surface area contributed by atoms with Crippen molar-refractivity contribution in [2.75, 3.05) is 0 Å². The van der Waals surface area contributed by atoms with Crippen molar-refractivity contribution in [3.8, 4) is 0 Å². The highest BCUT2D eigenvalue weighted by Crippen LogP contribution is 2.44. The van der Waals surface area contributed by atoms with Crippen molar-refractivity contribution in [3.05, 3.63) is 73.0 Å². The zero-order valence-electron chi connectivity index (χ0n) is 10.5. The molecule has 5 heteroatoms. The van der Waals surface area contributed by atoms with Crippen LogP contribution in [0.2, 0.25) is 0 Å². The Morgan fingerprint density at radius 1 is 0.950 bits per heavy atom. The molecule has 0 aliphatic rings. The van der Waals surface area contributed by atoms with Crippen molar-refractivity contribution in [3.63, 3.8) is 0 Å². The van der Waals surface area contributed by atoms with Crippen molar-refractivity contribution in [1.29, 1.82) is 0 Å². The highest BCUT2D eigenvalue weighted by atomic mass is 31.2. The second-order valence-electron chi connectivity index (χ2n) is 3.97. The van der Waals surface area contributed by atoms with Crippen LogP contribution in [0.4, 0.5) is 0 Å². The Labute approximate surface area is 116 Å². The standard InChI is InChI=1S/C15H13O4P/c16-15(17)11-12-19-20(18,13-7-3-1-4-8-13)14-9-5-2-6-10-14/h1-12H,(H,16,17). The van der Waals surface area contributed by atoms with Gasteiger partial charge in [-0.05, 0) is 24.3 Å². The molecule has 2 aromatic carbocycles. The van der Waals surface area contributed by atoms with Crippen LogP contribution in [0.25, 0.3) is 0 Å². The van der Waals surface area contributed by atoms with Crippen LogP contribution in [0.5, 0.6) is 0 Å². The molecule has 0 aliphatic heterocycles. The van der Waals surface area contributed by atoms with Crippen LogP contribution in [0.1, 0.15) is 0 Å². The molecule has 0 aliphatic carbocycles. The van der Waals surface area contributed by atoms with Gasteiger partial charge in [-0.3, -0.25) is 4.57 Å². The highest BCUT2D eigenvalue weighted by molar-refractivity contribution is 7.74. The SMILES string of the molecule is O=C(O)C=COP(=O)(c1ccccc1)c1ccccc1. The lowest BCUT2D eigenvalue weighted by Gasteiger charge is -2.17. The molecule has 0 spiro atoms. The van der Waals surface area contributed by atoms with E-state index in [1.165, 1.54) is 0 Å². The van der Waals surface area contributed by atoms with Gasteiger partial charge in [0.1, 0.15) is 0 Å². The molecule has 0 radical (unpaired) electrons. The predicted molar refractivity (Wildman–Crippen MR) is 77.6 cm³/mol. The minimum atomic E-state index is -3.33. The van der Waals surface area contributed by atoms with Crippen LogP contribution < -0.4 is 10.6 Å². The number of hydrogen-bond donors (Lipinski definition) is 1. The number of rotatable bonds is 5. The molecule has 0 atom stereocenters. The average molecular weight is 288 g/mol. The summed E-state index contributed by atoms with van der Waals surface area (Å²) < 4.78 is 18.4. The highest BCUT2D eigenvalue weighted by Gasteiger charge is 2.28. The molecule has 0 aromatic heterocycles. The average Bonchev–Trinajstić information content (AvgIpc) is 2.48. The molecule has 0 heterocycles. The molecule has 0 bridgehead atoms. The third-order valence-electron chi connectivity index (χ3n) is 2.61. The summed E-state index contributed by atoms with van der Waals surface area (Å²) in [4.78, 5) is 10.5. The summed E-state index contributed by atoms with van der Waals surface area (Å²) in [6.07, 6.45) is 1.78. The van der Waals surface area contributed by atoms with Gasteiger partial charge in [0.25, 0.3) is 0 Å². The summed E-state index contributed by atoms with van der Waals surface area (Å²) in [5.74, 6) is -1.15. The van der Waals surface area contributed by atoms with Gasteiger partial charge in [0.15, 0.2) is 0 Å². The molecule has 0 amide bonds. The van der Waals surface area contributed by atoms with Crippen molar-refractivity contribution in [2.45, 2.75) is 0 Å². The Balaban J connectivity index is 2.44. The van der Waals surface area contributed by atoms with Gasteiger partial charge in [0, 0.05) is 0 Å². The Hall–Kier alpha value is -2.32. The van der Waals surface area contributed by atoms with E-state index in [2.05, 4.69) is 0 Å². The van der Waals surface area contributed by atoms with E-state index in [1.807, 2.05) is 12.1 Å². The second kappa shape index (κ2) is 6.22. The van der Waals surface area contributed by atoms with E-state index in [0.717, 1.165) is 12.3 Å². The van der Waals surface area contributed by atoms with Gasteiger partial charge in [0.05, 0.1) is 22.9 Å². The molecule has 0 saturated carbocycles. The van der Waals surface area contributed by atoms with E-state index in [0.29, 0.717) is 10.6 Å². The van der Waals surface area contributed by atoms with Crippen LogP contribution in [-0.2, 0) is 13.9 Å². The second-order valence-corrected chi connectivity index (χ2v) is 6.32. The number of aliphatic carboxylic acids is 1. The maximum absolute atomic E-state index is 13.1. The fraction of sp³-hybridized carbons (Fsp3) is 0. The number of carbonyl (C=O) groups is 1. The molecule has 0 unspecified atom stereocenters. The largest absolute Gasteiger partial charge is 0.478 e. The maximum Gasteiger partial charge on any atom is 0.331 e. The lowest BCUT2D eigenvalue weighted by Crippen LogP contribution is -2.16. The van der Waals surface area contributed by atoms with Crippen LogP contribution >= 0.6 is 7.37 Å². The zero-order valence-corrected chi connectivity index (χ0v) is 11.4. The summed E-state index contributed by atoms with van der Waals surface area (Å²) in [6.45, 7) is 0. The van der Waals surface area contributed by atoms with Gasteiger partial charge >= 0.3 is 13.3 Å². The van der Waals surface area contributed by atoms with E-state index >= 15 is 0 Å². The molecule has 4 nitrogen and oxygen atoms in total. The lowest BCUT2D eigenvalue weighted by molar-refractivity contribution is -0.131. The lowest BCUT2D eigenvalue weighted by atomic mass is 10.4. The first-order valence-electron chi connectivity index (χ1n) is 5.92. The van der Waals surface area contributed by atoms with Gasteiger partial charge in [-0.1, -0.05) is 36.4 Å². The molecule has 0 saturated heterocycles. The summed E-state index contributed by atoms with van der Waals surface area (Å²) in [5, 5.41) is 9.63. The fourth-order valence-electron chi connectivity index (χ4n) is 1.69. The molecule has 20 heavy (non-hydrogen) atoms. The van der Waals surface area contributed by atoms with Gasteiger partial charge in [-0.15, -0.1) is 0 Å². The number of hydrogen-bond acceptors (Lipinski definition) is 3. The summed E-state index contributed by atoms with van der Waals surface area (Å²) in [7, 11) is -3.33. The van der Waals surface area contributed by atoms with Gasteiger partial charge in [-0.2, -0.15) is 0 Å². The Kier molecular flexibility index (Phi) is 4.38. The van der Waals surface area contributed by atoms with Crippen molar-refractivity contribution >= 4 is 23.9 Å². The maximum atomic E-state index is 13.1. The molecule has 2 aromatic rings. The molecule has 102 valence electrons. The third-order valence-corrected chi connectivity index (χ3v) is 4.99. The van der Waals surface area contributed by atoms with E-state index in [9.17, 15) is 9.36 Å². The van der Waals surface area contributed by atoms with Crippen LogP contribution in [0.3, 0.4) is 0 Å². The Morgan fingerprint density at radius 3 is 1.80 bits per heavy atom. The minimum Gasteiger partial charge on any atom is -0.478 e. The third kappa shape index (κ3) is 3.16. The molecular formula is C15H13O4P. The Morgan fingerprint density at radius 2 is 1.40 bits per heavy atom. The normalized spacial score (nSPS) is 11.4. The van der Waals surface area contributed by atoms with Crippen LogP contribution in [0.15, 0.2) is 73.0 Å². The summed E-state index contributed by atoms with van der Waals surface area (Å²) in [6, 6.07) is 17.4. The molecule has 1 N–H and O–H groups in total. The van der Waals surface area contributed by atoms with Crippen LogP contribution in [0, 0.1) is 0 Å². The first kappa shape index (κ1) is 14.1. The van der Waals surface area contributed by atoms with E-state index < -0.39 is 13.3 Å². The van der Waals surface area contributed by atoms with Crippen LogP contribution in [-0.4, -0.2) is 11.1 Å². The Bertz CT molecular complexity index is 607. The minimum absolute atomic E-state index is 0.515. The topological polar surface area (TPSA) is 63.6 Å². The summed E-state index contributed by atoms with van der Waals surface area (Å²) in [5.41, 5.74) is 0. The molecule has 0 fully saturated rings. The van der Waals surface area contributed by atoms with Crippen molar-refractivity contribution < 1.29 is 19.0 Å². The monoisotopic (exact) mass is 288 g/mol. The van der Waals surface area contributed by atoms with Gasteiger partial charge < -0.3 is 9.63 Å². The molecule has 2 rings (SSSR count). The quantitative estimate of drug-likeness (QED) is 0.521. The fourth-order valence-corrected chi connectivity index (χ4v) is 3.60. The number of carboxylic acids is 1. The van der Waals surface area contributed by atoms with Gasteiger partial charge in [-0.25, -0.2) is 4.79 Å². The number of benzene rings is 2. The zero-order chi connectivity index (χ0) is 14.4. The first-order valence-corrected chi connectivity index (χ1v) is 7.54. The predicted octanol–water partition coefficient (Wildman–Crippen LogP) is 2.53. The van der Waals surface area contributed by atoms with E-state index in [-0.39, 0.29) is 0 Å². The van der Waals surface area contributed by atoms with E-state index in [4.69, 9.17) is 9.63 Å². The smallest absolute Gasteiger partial charge is 0.331 e. The van der Waals surface area contributed by atoms with Crippen molar-refractivity contribution in [2.24, 2.45) is 0 Å². The number of carboxylic acid groups (broad SMARTS) is 1. The van der Waals surface area contributed by atoms with E-state index in [1.54, 1.807) is 48.5 Å². The summed E-state index contributed by atoms with van der Waals surface area (Å²) >= 11 is 0. The van der Waals surface area contributed by atoms with Crippen molar-refractivity contribution in [1.82, 2.24) is 0 Å². The molecular weight excluding hydrogens is 275 g/mol. The van der Waals surface area contributed by atoms with Gasteiger partial charge in [0.2, 0.25) is 0 Å².